The van der Waals surface area contributed by atoms with E-state index in [-0.39, 0.29) is 17.6 Å². The van der Waals surface area contributed by atoms with Gasteiger partial charge in [0.15, 0.2) is 0 Å². The Bertz CT molecular complexity index is 623. The van der Waals surface area contributed by atoms with E-state index in [2.05, 4.69) is 15.7 Å². The molecule has 0 saturated heterocycles. The van der Waals surface area contributed by atoms with E-state index in [1.165, 1.54) is 12.1 Å². The fourth-order valence-electron chi connectivity index (χ4n) is 2.30. The Hall–Kier alpha value is -2.21. The van der Waals surface area contributed by atoms with Crippen molar-refractivity contribution >= 4 is 5.91 Å². The van der Waals surface area contributed by atoms with E-state index in [4.69, 9.17) is 0 Å². The lowest BCUT2D eigenvalue weighted by atomic mass is 10.0. The molecule has 22 heavy (non-hydrogen) atoms. The van der Waals surface area contributed by atoms with E-state index in [9.17, 15) is 9.18 Å². The number of amides is 1. The molecule has 1 heterocycles. The quantitative estimate of drug-likeness (QED) is 0.854. The zero-order valence-electron chi connectivity index (χ0n) is 13.0. The summed E-state index contributed by atoms with van der Waals surface area (Å²) in [7, 11) is 3.55. The zero-order chi connectivity index (χ0) is 16.1. The number of nitrogens with zero attached hydrogens (tertiary/aromatic N) is 2. The Labute approximate surface area is 129 Å². The second-order valence-electron chi connectivity index (χ2n) is 5.37. The Morgan fingerprint density at radius 3 is 2.55 bits per heavy atom. The maximum Gasteiger partial charge on any atom is 0.241 e. The maximum absolute atomic E-state index is 12.9. The molecule has 2 rings (SSSR count). The van der Waals surface area contributed by atoms with Crippen LogP contribution in [0.2, 0.25) is 0 Å². The van der Waals surface area contributed by atoms with Crippen LogP contribution in [0, 0.1) is 5.82 Å². The number of rotatable bonds is 6. The maximum atomic E-state index is 12.9. The smallest absolute Gasteiger partial charge is 0.241 e. The van der Waals surface area contributed by atoms with E-state index in [1.807, 2.05) is 20.2 Å². The summed E-state index contributed by atoms with van der Waals surface area (Å²) in [5.41, 5.74) is 1.81. The highest BCUT2D eigenvalue weighted by molar-refractivity contribution is 5.83. The highest BCUT2D eigenvalue weighted by Crippen LogP contribution is 2.16. The van der Waals surface area contributed by atoms with E-state index < -0.39 is 6.04 Å². The summed E-state index contributed by atoms with van der Waals surface area (Å²) in [5, 5.41) is 9.99. The number of aryl methyl sites for hydroxylation is 1. The predicted octanol–water partition coefficient (Wildman–Crippen LogP) is 1.74. The van der Waals surface area contributed by atoms with Crippen LogP contribution in [-0.2, 0) is 11.8 Å². The van der Waals surface area contributed by atoms with Gasteiger partial charge in [0.05, 0.1) is 6.20 Å². The fraction of sp³-hybridized carbons (Fsp3) is 0.375. The second kappa shape index (κ2) is 7.17. The topological polar surface area (TPSA) is 59.0 Å². The van der Waals surface area contributed by atoms with Gasteiger partial charge in [0.25, 0.3) is 0 Å². The van der Waals surface area contributed by atoms with Crippen LogP contribution in [0.4, 0.5) is 4.39 Å². The molecule has 2 atom stereocenters. The van der Waals surface area contributed by atoms with Gasteiger partial charge in [-0.3, -0.25) is 9.48 Å². The Morgan fingerprint density at radius 1 is 1.32 bits per heavy atom. The van der Waals surface area contributed by atoms with Crippen molar-refractivity contribution in [3.8, 4) is 0 Å². The van der Waals surface area contributed by atoms with Crippen molar-refractivity contribution in [1.29, 1.82) is 0 Å². The van der Waals surface area contributed by atoms with Crippen molar-refractivity contribution in [2.45, 2.75) is 18.9 Å². The van der Waals surface area contributed by atoms with E-state index in [0.717, 1.165) is 11.1 Å². The number of hydrogen-bond acceptors (Lipinski definition) is 3. The van der Waals surface area contributed by atoms with Crippen molar-refractivity contribution in [1.82, 2.24) is 20.4 Å². The molecule has 1 aromatic heterocycles. The molecule has 0 aliphatic heterocycles. The molecule has 0 fully saturated rings. The number of hydrogen-bond donors (Lipinski definition) is 2. The van der Waals surface area contributed by atoms with Gasteiger partial charge in [-0.2, -0.15) is 5.10 Å². The molecule has 0 bridgehead atoms. The average molecular weight is 304 g/mol. The molecule has 0 radical (unpaired) electrons. The molecule has 2 aromatic rings. The minimum absolute atomic E-state index is 0.107. The minimum Gasteiger partial charge on any atom is -0.354 e. The molecule has 0 saturated carbocycles. The molecular weight excluding hydrogens is 283 g/mol. The van der Waals surface area contributed by atoms with Crippen molar-refractivity contribution in [3.63, 3.8) is 0 Å². The van der Waals surface area contributed by atoms with Gasteiger partial charge in [-0.05, 0) is 30.7 Å². The van der Waals surface area contributed by atoms with Crippen LogP contribution in [0.15, 0.2) is 36.7 Å². The van der Waals surface area contributed by atoms with Gasteiger partial charge in [-0.25, -0.2) is 4.39 Å². The third kappa shape index (κ3) is 3.92. The van der Waals surface area contributed by atoms with E-state index >= 15 is 0 Å². The Morgan fingerprint density at radius 2 is 2.00 bits per heavy atom. The van der Waals surface area contributed by atoms with E-state index in [0.29, 0.717) is 6.54 Å². The summed E-state index contributed by atoms with van der Waals surface area (Å²) in [4.78, 5) is 12.3. The first-order valence-corrected chi connectivity index (χ1v) is 7.20. The summed E-state index contributed by atoms with van der Waals surface area (Å²) in [5.74, 6) is -0.257. The minimum atomic E-state index is -0.436. The third-order valence-electron chi connectivity index (χ3n) is 3.63. The molecule has 1 aromatic carbocycles. The van der Waals surface area contributed by atoms with Crippen LogP contribution in [-0.4, -0.2) is 29.3 Å². The van der Waals surface area contributed by atoms with Gasteiger partial charge in [0.1, 0.15) is 11.9 Å². The molecule has 0 spiro atoms. The predicted molar refractivity (Wildman–Crippen MR) is 82.8 cm³/mol. The second-order valence-corrected chi connectivity index (χ2v) is 5.37. The third-order valence-corrected chi connectivity index (χ3v) is 3.63. The summed E-state index contributed by atoms with van der Waals surface area (Å²) < 4.78 is 14.6. The van der Waals surface area contributed by atoms with Crippen LogP contribution in [0.1, 0.15) is 30.0 Å². The van der Waals surface area contributed by atoms with Gasteiger partial charge >= 0.3 is 0 Å². The number of carbonyl (C=O) groups is 1. The van der Waals surface area contributed by atoms with Crippen LogP contribution < -0.4 is 10.6 Å². The Balaban J connectivity index is 1.94. The first-order valence-electron chi connectivity index (χ1n) is 7.20. The first-order chi connectivity index (χ1) is 10.5. The summed E-state index contributed by atoms with van der Waals surface area (Å²) >= 11 is 0. The normalized spacial score (nSPS) is 13.6. The van der Waals surface area contributed by atoms with Crippen LogP contribution in [0.5, 0.6) is 0 Å². The lowest BCUT2D eigenvalue weighted by Crippen LogP contribution is -2.37. The van der Waals surface area contributed by atoms with Gasteiger partial charge in [0.2, 0.25) is 5.91 Å². The van der Waals surface area contributed by atoms with Crippen molar-refractivity contribution in [2.75, 3.05) is 13.6 Å². The summed E-state index contributed by atoms with van der Waals surface area (Å²) in [6.45, 7) is 2.48. The van der Waals surface area contributed by atoms with Crippen LogP contribution in [0.25, 0.3) is 0 Å². The average Bonchev–Trinajstić information content (AvgIpc) is 2.92. The van der Waals surface area contributed by atoms with Crippen LogP contribution >= 0.6 is 0 Å². The number of halogens is 1. The largest absolute Gasteiger partial charge is 0.354 e. The van der Waals surface area contributed by atoms with Crippen LogP contribution in [0.3, 0.4) is 0 Å². The summed E-state index contributed by atoms with van der Waals surface area (Å²) in [6, 6.07) is 5.90. The molecule has 0 aliphatic carbocycles. The highest BCUT2D eigenvalue weighted by atomic mass is 19.1. The van der Waals surface area contributed by atoms with Gasteiger partial charge < -0.3 is 10.6 Å². The van der Waals surface area contributed by atoms with E-state index in [1.54, 1.807) is 30.1 Å². The van der Waals surface area contributed by atoms with Gasteiger partial charge in [-0.1, -0.05) is 19.1 Å². The Kier molecular flexibility index (Phi) is 5.27. The number of aromatic nitrogens is 2. The number of carbonyl (C=O) groups excluding carboxylic acids is 1. The lowest BCUT2D eigenvalue weighted by molar-refractivity contribution is -0.123. The van der Waals surface area contributed by atoms with Crippen molar-refractivity contribution in [3.05, 3.63) is 53.6 Å². The molecule has 0 aliphatic rings. The molecule has 2 N–H and O–H groups in total. The standard InChI is InChI=1S/C16H21FN4O/c1-11(12-4-6-14(17)7-5-12)8-19-16(22)15(18-2)13-9-20-21(3)10-13/h4-7,9-11,15,18H,8H2,1-3H3,(H,19,22). The molecule has 5 nitrogen and oxygen atoms in total. The molecule has 1 amide bonds. The highest BCUT2D eigenvalue weighted by Gasteiger charge is 2.20. The van der Waals surface area contributed by atoms with Gasteiger partial charge in [-0.15, -0.1) is 0 Å². The van der Waals surface area contributed by atoms with Gasteiger partial charge in [0, 0.05) is 25.4 Å². The number of likely N-dealkylation sites (N-methyl/N-ethyl adjacent to an activating group) is 1. The molecule has 118 valence electrons. The van der Waals surface area contributed by atoms with Crippen molar-refractivity contribution < 1.29 is 9.18 Å². The lowest BCUT2D eigenvalue weighted by Gasteiger charge is -2.17. The first kappa shape index (κ1) is 16.2. The zero-order valence-corrected chi connectivity index (χ0v) is 13.0. The SMILES string of the molecule is CNC(C(=O)NCC(C)c1ccc(F)cc1)c1cnn(C)c1. The number of benzene rings is 1. The molecule has 6 heteroatoms. The molecule has 2 unspecified atom stereocenters. The fourth-order valence-corrected chi connectivity index (χ4v) is 2.30. The number of nitrogens with one attached hydrogen (secondary N) is 2. The van der Waals surface area contributed by atoms with Crippen molar-refractivity contribution in [2.24, 2.45) is 7.05 Å². The summed E-state index contributed by atoms with van der Waals surface area (Å²) in [6.07, 6.45) is 3.48. The monoisotopic (exact) mass is 304 g/mol. The molecular formula is C16H21FN4O.